The minimum Gasteiger partial charge on any atom is -0.486 e. The van der Waals surface area contributed by atoms with Crippen LogP contribution in [0.1, 0.15) is 30.0 Å². The third kappa shape index (κ3) is 4.51. The quantitative estimate of drug-likeness (QED) is 0.780. The summed E-state index contributed by atoms with van der Waals surface area (Å²) in [6.45, 7) is 2.09. The fraction of sp³-hybridized carbons (Fsp3) is 0.389. The van der Waals surface area contributed by atoms with E-state index in [1.54, 1.807) is 25.3 Å². The second kappa shape index (κ2) is 7.32. The highest BCUT2D eigenvalue weighted by Crippen LogP contribution is 2.31. The molecule has 0 bridgehead atoms. The average Bonchev–Trinajstić information content (AvgIpc) is 2.94. The van der Waals surface area contributed by atoms with Crippen LogP contribution in [0.2, 0.25) is 5.15 Å². The molecule has 1 aromatic carbocycles. The van der Waals surface area contributed by atoms with E-state index < -0.39 is 15.3 Å². The molecule has 0 amide bonds. The fourth-order valence-corrected chi connectivity index (χ4v) is 3.98. The summed E-state index contributed by atoms with van der Waals surface area (Å²) < 4.78 is 28.6. The fourth-order valence-electron chi connectivity index (χ4n) is 3.26. The second-order valence-corrected chi connectivity index (χ2v) is 8.93. The molecule has 1 aliphatic rings. The van der Waals surface area contributed by atoms with E-state index in [2.05, 4.69) is 17.1 Å². The monoisotopic (exact) mass is 380 g/mol. The van der Waals surface area contributed by atoms with Crippen molar-refractivity contribution in [3.05, 3.63) is 58.4 Å². The number of nitrogens with two attached hydrogens (primary N) is 1. The summed E-state index contributed by atoms with van der Waals surface area (Å²) >= 11 is 5.99. The van der Waals surface area contributed by atoms with Gasteiger partial charge < -0.3 is 4.74 Å². The molecule has 0 spiro atoms. The van der Waals surface area contributed by atoms with Crippen molar-refractivity contribution in [2.45, 2.75) is 38.0 Å². The molecular formula is C18H21ClN2O3S. The van der Waals surface area contributed by atoms with Gasteiger partial charge in [-0.25, -0.2) is 18.5 Å². The number of fused-ring (bicyclic) bond motifs is 1. The molecule has 25 heavy (non-hydrogen) atoms. The molecule has 2 atom stereocenters. The van der Waals surface area contributed by atoms with E-state index in [0.717, 1.165) is 18.4 Å². The number of hydrogen-bond donors (Lipinski definition) is 1. The standard InChI is InChI=1S/C18H21ClN2O3S/c1-12(25(20,22)23)7-14-9-15-5-4-13(8-16(15)10-14)11-24-17-3-2-6-21-18(17)19/h2-6,8,12,14H,7,9-11H2,1H3,(H2,20,22,23)/t12-,14?/m0/s1. The Kier molecular flexibility index (Phi) is 5.32. The van der Waals surface area contributed by atoms with Gasteiger partial charge in [-0.15, -0.1) is 0 Å². The van der Waals surface area contributed by atoms with Crippen molar-refractivity contribution in [1.29, 1.82) is 0 Å². The van der Waals surface area contributed by atoms with Crippen molar-refractivity contribution in [2.24, 2.45) is 11.1 Å². The van der Waals surface area contributed by atoms with Gasteiger partial charge in [0, 0.05) is 6.20 Å². The topological polar surface area (TPSA) is 82.3 Å². The van der Waals surface area contributed by atoms with Crippen LogP contribution in [-0.2, 0) is 29.5 Å². The molecule has 2 N–H and O–H groups in total. The summed E-state index contributed by atoms with van der Waals surface area (Å²) in [4.78, 5) is 3.99. The van der Waals surface area contributed by atoms with Gasteiger partial charge in [0.2, 0.25) is 10.0 Å². The van der Waals surface area contributed by atoms with Gasteiger partial charge in [-0.2, -0.15) is 0 Å². The number of nitrogens with zero attached hydrogens (tertiary/aromatic N) is 1. The molecule has 0 fully saturated rings. The van der Waals surface area contributed by atoms with Crippen LogP contribution in [0.15, 0.2) is 36.5 Å². The lowest BCUT2D eigenvalue weighted by molar-refractivity contribution is 0.305. The van der Waals surface area contributed by atoms with Gasteiger partial charge in [0.25, 0.3) is 0 Å². The second-order valence-electron chi connectivity index (χ2n) is 6.59. The molecule has 1 aliphatic carbocycles. The molecule has 1 aromatic heterocycles. The van der Waals surface area contributed by atoms with Gasteiger partial charge in [0.1, 0.15) is 6.61 Å². The summed E-state index contributed by atoms with van der Waals surface area (Å²) in [6.07, 6.45) is 3.97. The van der Waals surface area contributed by atoms with Crippen molar-refractivity contribution in [3.8, 4) is 5.75 Å². The van der Waals surface area contributed by atoms with Crippen LogP contribution in [0.5, 0.6) is 5.75 Å². The zero-order valence-electron chi connectivity index (χ0n) is 14.0. The first-order valence-corrected chi connectivity index (χ1v) is 10.2. The van der Waals surface area contributed by atoms with Crippen molar-refractivity contribution in [1.82, 2.24) is 4.98 Å². The van der Waals surface area contributed by atoms with Crippen molar-refractivity contribution >= 4 is 21.6 Å². The van der Waals surface area contributed by atoms with Crippen LogP contribution in [0.4, 0.5) is 0 Å². The first-order chi connectivity index (χ1) is 11.8. The van der Waals surface area contributed by atoms with Crippen LogP contribution in [-0.4, -0.2) is 18.7 Å². The Morgan fingerprint density at radius 2 is 2.08 bits per heavy atom. The molecule has 7 heteroatoms. The largest absolute Gasteiger partial charge is 0.486 e. The van der Waals surface area contributed by atoms with Crippen LogP contribution in [0.3, 0.4) is 0 Å². The van der Waals surface area contributed by atoms with E-state index in [9.17, 15) is 8.42 Å². The van der Waals surface area contributed by atoms with Crippen LogP contribution < -0.4 is 9.88 Å². The Hall–Kier alpha value is -1.63. The van der Waals surface area contributed by atoms with Crippen LogP contribution in [0.25, 0.3) is 0 Å². The van der Waals surface area contributed by atoms with E-state index in [4.69, 9.17) is 21.5 Å². The normalized spacial score (nSPS) is 18.0. The lowest BCUT2D eigenvalue weighted by Gasteiger charge is -2.13. The highest BCUT2D eigenvalue weighted by Gasteiger charge is 2.27. The predicted octanol–water partition coefficient (Wildman–Crippen LogP) is 3.10. The maximum atomic E-state index is 11.4. The zero-order valence-corrected chi connectivity index (χ0v) is 15.6. The molecule has 134 valence electrons. The summed E-state index contributed by atoms with van der Waals surface area (Å²) in [5.74, 6) is 0.872. The van der Waals surface area contributed by atoms with E-state index in [0.29, 0.717) is 29.8 Å². The zero-order chi connectivity index (χ0) is 18.0. The Labute approximate surface area is 153 Å². The smallest absolute Gasteiger partial charge is 0.211 e. The Bertz CT molecular complexity index is 870. The molecule has 0 saturated heterocycles. The average molecular weight is 381 g/mol. The number of halogens is 1. The number of benzene rings is 1. The highest BCUT2D eigenvalue weighted by atomic mass is 35.5. The number of rotatable bonds is 6. The predicted molar refractivity (Wildman–Crippen MR) is 98.1 cm³/mol. The van der Waals surface area contributed by atoms with Crippen LogP contribution in [0, 0.1) is 5.92 Å². The SMILES string of the molecule is C[C@@H](CC1Cc2ccc(COc3cccnc3Cl)cc2C1)S(N)(=O)=O. The third-order valence-corrected chi connectivity index (χ3v) is 6.23. The molecule has 5 nitrogen and oxygen atoms in total. The third-order valence-electron chi connectivity index (χ3n) is 4.63. The van der Waals surface area contributed by atoms with Gasteiger partial charge in [-0.1, -0.05) is 29.8 Å². The molecule has 0 aliphatic heterocycles. The first kappa shape index (κ1) is 18.2. The van der Waals surface area contributed by atoms with Crippen molar-refractivity contribution in [2.75, 3.05) is 0 Å². The Morgan fingerprint density at radius 1 is 1.32 bits per heavy atom. The highest BCUT2D eigenvalue weighted by molar-refractivity contribution is 7.89. The first-order valence-electron chi connectivity index (χ1n) is 8.18. The summed E-state index contributed by atoms with van der Waals surface area (Å²) in [7, 11) is -3.47. The number of ether oxygens (including phenoxy) is 1. The molecule has 3 rings (SSSR count). The van der Waals surface area contributed by atoms with Gasteiger partial charge in [0.15, 0.2) is 10.9 Å². The molecular weight excluding hydrogens is 360 g/mol. The molecule has 1 heterocycles. The summed E-state index contributed by atoms with van der Waals surface area (Å²) in [5, 5.41) is 5.07. The van der Waals surface area contributed by atoms with E-state index in [1.165, 1.54) is 11.1 Å². The number of aromatic nitrogens is 1. The molecule has 1 unspecified atom stereocenters. The van der Waals surface area contributed by atoms with E-state index >= 15 is 0 Å². The van der Waals surface area contributed by atoms with Crippen molar-refractivity contribution in [3.63, 3.8) is 0 Å². The maximum absolute atomic E-state index is 11.4. The minimum absolute atomic E-state index is 0.312. The number of primary sulfonamides is 1. The van der Waals surface area contributed by atoms with Crippen LogP contribution >= 0.6 is 11.6 Å². The minimum atomic E-state index is -3.47. The Balaban J connectivity index is 1.63. The lowest BCUT2D eigenvalue weighted by atomic mass is 10.0. The van der Waals surface area contributed by atoms with Gasteiger partial charge in [-0.05, 0) is 60.9 Å². The van der Waals surface area contributed by atoms with Gasteiger partial charge >= 0.3 is 0 Å². The van der Waals surface area contributed by atoms with Crippen molar-refractivity contribution < 1.29 is 13.2 Å². The summed E-state index contributed by atoms with van der Waals surface area (Å²) in [5.41, 5.74) is 3.58. The maximum Gasteiger partial charge on any atom is 0.211 e. The Morgan fingerprint density at radius 3 is 2.80 bits per heavy atom. The summed E-state index contributed by atoms with van der Waals surface area (Å²) in [6, 6.07) is 9.82. The van der Waals surface area contributed by atoms with E-state index in [1.807, 2.05) is 6.07 Å². The molecule has 2 aromatic rings. The molecule has 0 radical (unpaired) electrons. The number of hydrogen-bond acceptors (Lipinski definition) is 4. The van der Waals surface area contributed by atoms with E-state index in [-0.39, 0.29) is 0 Å². The number of pyridine rings is 1. The molecule has 0 saturated carbocycles. The number of sulfonamides is 1. The van der Waals surface area contributed by atoms with Gasteiger partial charge in [-0.3, -0.25) is 0 Å². The van der Waals surface area contributed by atoms with Gasteiger partial charge in [0.05, 0.1) is 5.25 Å². The lowest BCUT2D eigenvalue weighted by Crippen LogP contribution is -2.28.